The fourth-order valence-electron chi connectivity index (χ4n) is 2.98. The van der Waals surface area contributed by atoms with Crippen molar-refractivity contribution in [3.8, 4) is 0 Å². The number of piperidine rings is 1. The van der Waals surface area contributed by atoms with Gasteiger partial charge in [-0.2, -0.15) is 0 Å². The third-order valence-electron chi connectivity index (χ3n) is 4.06. The van der Waals surface area contributed by atoms with Gasteiger partial charge < -0.3 is 15.2 Å². The van der Waals surface area contributed by atoms with E-state index in [-0.39, 0.29) is 6.03 Å². The molecule has 1 saturated heterocycles. The molecule has 0 radical (unpaired) electrons. The quantitative estimate of drug-likeness (QED) is 0.810. The second kappa shape index (κ2) is 4.96. The van der Waals surface area contributed by atoms with Gasteiger partial charge in [0.1, 0.15) is 0 Å². The van der Waals surface area contributed by atoms with Gasteiger partial charge in [0.25, 0.3) is 0 Å². The van der Waals surface area contributed by atoms with E-state index >= 15 is 0 Å². The Morgan fingerprint density at radius 3 is 2.79 bits per heavy atom. The van der Waals surface area contributed by atoms with Gasteiger partial charge in [-0.3, -0.25) is 0 Å². The zero-order chi connectivity index (χ0) is 13.2. The molecule has 4 nitrogen and oxygen atoms in total. The molecule has 0 atom stereocenters. The molecule has 4 heteroatoms. The summed E-state index contributed by atoms with van der Waals surface area (Å²) in [6, 6.07) is 8.46. The van der Waals surface area contributed by atoms with Gasteiger partial charge in [-0.25, -0.2) is 4.79 Å². The highest BCUT2D eigenvalue weighted by atomic mass is 16.2. The fraction of sp³-hybridized carbons (Fsp3) is 0.400. The highest BCUT2D eigenvalue weighted by Gasteiger charge is 2.24. The number of carbonyl (C=O) groups excluding carboxylic acids is 1. The minimum absolute atomic E-state index is 0.0392. The van der Waals surface area contributed by atoms with E-state index in [9.17, 15) is 4.79 Å². The molecule has 3 rings (SSSR count). The second-order valence-electron chi connectivity index (χ2n) is 5.11. The maximum absolute atomic E-state index is 11.6. The first-order chi connectivity index (χ1) is 9.29. The molecule has 0 bridgehead atoms. The summed E-state index contributed by atoms with van der Waals surface area (Å²) in [7, 11) is 1.69. The van der Waals surface area contributed by atoms with Crippen molar-refractivity contribution in [1.29, 1.82) is 0 Å². The number of benzene rings is 1. The normalized spacial score (nSPS) is 16.8. The van der Waals surface area contributed by atoms with E-state index in [4.69, 9.17) is 0 Å². The average molecular weight is 257 g/mol. The molecule has 1 aliphatic heterocycles. The molecule has 1 fully saturated rings. The standard InChI is InChI=1S/C15H19N3O/c1-16-15(19)18-8-6-11(7-9-18)13-10-17-14-5-3-2-4-12(13)14/h2-5,10-11,17H,6-9H2,1H3,(H,16,19). The van der Waals surface area contributed by atoms with Crippen LogP contribution in [0.2, 0.25) is 0 Å². The summed E-state index contributed by atoms with van der Waals surface area (Å²) in [4.78, 5) is 16.8. The van der Waals surface area contributed by atoms with Gasteiger partial charge in [-0.05, 0) is 30.4 Å². The maximum atomic E-state index is 11.6. The number of hydrogen-bond donors (Lipinski definition) is 2. The van der Waals surface area contributed by atoms with E-state index < -0.39 is 0 Å². The molecular formula is C15H19N3O. The van der Waals surface area contributed by atoms with E-state index in [1.807, 2.05) is 4.90 Å². The number of aromatic amines is 1. The summed E-state index contributed by atoms with van der Waals surface area (Å²) in [5.74, 6) is 0.553. The average Bonchev–Trinajstić information content (AvgIpc) is 2.90. The summed E-state index contributed by atoms with van der Waals surface area (Å²) in [6.45, 7) is 1.67. The lowest BCUT2D eigenvalue weighted by atomic mass is 9.89. The van der Waals surface area contributed by atoms with Gasteiger partial charge in [-0.1, -0.05) is 18.2 Å². The maximum Gasteiger partial charge on any atom is 0.317 e. The molecule has 2 heterocycles. The lowest BCUT2D eigenvalue weighted by Crippen LogP contribution is -2.42. The first-order valence-corrected chi connectivity index (χ1v) is 6.82. The van der Waals surface area contributed by atoms with Crippen LogP contribution in [0.15, 0.2) is 30.5 Å². The molecular weight excluding hydrogens is 238 g/mol. The van der Waals surface area contributed by atoms with E-state index in [2.05, 4.69) is 40.8 Å². The predicted molar refractivity (Wildman–Crippen MR) is 76.3 cm³/mol. The van der Waals surface area contributed by atoms with E-state index in [0.717, 1.165) is 25.9 Å². The molecule has 1 aromatic heterocycles. The van der Waals surface area contributed by atoms with Gasteiger partial charge in [0.05, 0.1) is 0 Å². The number of carbonyl (C=O) groups is 1. The van der Waals surface area contributed by atoms with Crippen LogP contribution in [0.5, 0.6) is 0 Å². The first-order valence-electron chi connectivity index (χ1n) is 6.82. The first kappa shape index (κ1) is 12.1. The van der Waals surface area contributed by atoms with Gasteiger partial charge in [0.2, 0.25) is 0 Å². The second-order valence-corrected chi connectivity index (χ2v) is 5.11. The summed E-state index contributed by atoms with van der Waals surface area (Å²) in [5, 5.41) is 4.02. The van der Waals surface area contributed by atoms with Crippen molar-refractivity contribution in [3.05, 3.63) is 36.0 Å². The number of nitrogens with one attached hydrogen (secondary N) is 2. The van der Waals surface area contributed by atoms with Gasteiger partial charge in [0, 0.05) is 37.2 Å². The van der Waals surface area contributed by atoms with Crippen molar-refractivity contribution in [3.63, 3.8) is 0 Å². The zero-order valence-electron chi connectivity index (χ0n) is 11.1. The highest BCUT2D eigenvalue weighted by molar-refractivity contribution is 5.83. The predicted octanol–water partition coefficient (Wildman–Crippen LogP) is 2.69. The number of nitrogens with zero attached hydrogens (tertiary/aromatic N) is 1. The van der Waals surface area contributed by atoms with Crippen LogP contribution < -0.4 is 5.32 Å². The van der Waals surface area contributed by atoms with Crippen molar-refractivity contribution in [2.45, 2.75) is 18.8 Å². The SMILES string of the molecule is CNC(=O)N1CCC(c2c[nH]c3ccccc23)CC1. The Bertz CT molecular complexity index is 582. The smallest absolute Gasteiger partial charge is 0.317 e. The Kier molecular flexibility index (Phi) is 3.15. The highest BCUT2D eigenvalue weighted by Crippen LogP contribution is 2.32. The monoisotopic (exact) mass is 257 g/mol. The number of urea groups is 1. The van der Waals surface area contributed by atoms with Crippen molar-refractivity contribution in [1.82, 2.24) is 15.2 Å². The molecule has 2 amide bonds. The molecule has 0 saturated carbocycles. The number of likely N-dealkylation sites (tertiary alicyclic amines) is 1. The number of rotatable bonds is 1. The van der Waals surface area contributed by atoms with Crippen LogP contribution in [0.3, 0.4) is 0 Å². The topological polar surface area (TPSA) is 48.1 Å². The van der Waals surface area contributed by atoms with Crippen LogP contribution >= 0.6 is 0 Å². The lowest BCUT2D eigenvalue weighted by molar-refractivity contribution is 0.183. The van der Waals surface area contributed by atoms with Gasteiger partial charge in [-0.15, -0.1) is 0 Å². The third-order valence-corrected chi connectivity index (χ3v) is 4.06. The van der Waals surface area contributed by atoms with Crippen LogP contribution in [0.4, 0.5) is 4.79 Å². The van der Waals surface area contributed by atoms with Crippen LogP contribution in [-0.4, -0.2) is 36.1 Å². The van der Waals surface area contributed by atoms with E-state index in [0.29, 0.717) is 5.92 Å². The van der Waals surface area contributed by atoms with Gasteiger partial charge in [0.15, 0.2) is 0 Å². The Balaban J connectivity index is 1.77. The molecule has 1 aliphatic rings. The van der Waals surface area contributed by atoms with Crippen molar-refractivity contribution in [2.24, 2.45) is 0 Å². The molecule has 2 N–H and O–H groups in total. The van der Waals surface area contributed by atoms with Crippen LogP contribution in [-0.2, 0) is 0 Å². The largest absolute Gasteiger partial charge is 0.361 e. The van der Waals surface area contributed by atoms with Gasteiger partial charge >= 0.3 is 6.03 Å². The van der Waals surface area contributed by atoms with Crippen molar-refractivity contribution < 1.29 is 4.79 Å². The Labute approximate surface area is 112 Å². The molecule has 0 aliphatic carbocycles. The Hall–Kier alpha value is -1.97. The molecule has 2 aromatic rings. The number of fused-ring (bicyclic) bond motifs is 1. The van der Waals surface area contributed by atoms with Crippen molar-refractivity contribution >= 4 is 16.9 Å². The van der Waals surface area contributed by atoms with Crippen LogP contribution in [0.1, 0.15) is 24.3 Å². The molecule has 100 valence electrons. The Morgan fingerprint density at radius 2 is 2.05 bits per heavy atom. The molecule has 1 aromatic carbocycles. The fourth-order valence-corrected chi connectivity index (χ4v) is 2.98. The molecule has 0 spiro atoms. The van der Waals surface area contributed by atoms with E-state index in [1.165, 1.54) is 16.5 Å². The molecule has 0 unspecified atom stereocenters. The summed E-state index contributed by atoms with van der Waals surface area (Å²) in [5.41, 5.74) is 2.60. The molecule has 19 heavy (non-hydrogen) atoms. The number of hydrogen-bond acceptors (Lipinski definition) is 1. The third kappa shape index (κ3) is 2.18. The summed E-state index contributed by atoms with van der Waals surface area (Å²) >= 11 is 0. The number of amides is 2. The number of para-hydroxylation sites is 1. The van der Waals surface area contributed by atoms with Crippen LogP contribution in [0.25, 0.3) is 10.9 Å². The zero-order valence-corrected chi connectivity index (χ0v) is 11.1. The Morgan fingerprint density at radius 1 is 1.32 bits per heavy atom. The van der Waals surface area contributed by atoms with E-state index in [1.54, 1.807) is 7.05 Å². The summed E-state index contributed by atoms with van der Waals surface area (Å²) in [6.07, 6.45) is 4.20. The van der Waals surface area contributed by atoms with Crippen molar-refractivity contribution in [2.75, 3.05) is 20.1 Å². The number of H-pyrrole nitrogens is 1. The van der Waals surface area contributed by atoms with Crippen LogP contribution in [0, 0.1) is 0 Å². The minimum Gasteiger partial charge on any atom is -0.361 e. The summed E-state index contributed by atoms with van der Waals surface area (Å²) < 4.78 is 0. The number of aromatic nitrogens is 1. The lowest BCUT2D eigenvalue weighted by Gasteiger charge is -2.31. The minimum atomic E-state index is 0.0392.